The summed E-state index contributed by atoms with van der Waals surface area (Å²) < 4.78 is 26.6. The van der Waals surface area contributed by atoms with Gasteiger partial charge >= 0.3 is 5.97 Å². The molecule has 110 valence electrons. The number of carbonyl (C=O) groups is 1. The van der Waals surface area contributed by atoms with E-state index >= 15 is 0 Å². The number of halogens is 2. The first-order chi connectivity index (χ1) is 9.98. The van der Waals surface area contributed by atoms with Crippen LogP contribution in [0.15, 0.2) is 42.7 Å². The Morgan fingerprint density at radius 3 is 2.57 bits per heavy atom. The quantitative estimate of drug-likeness (QED) is 0.882. The highest BCUT2D eigenvalue weighted by Crippen LogP contribution is 2.29. The molecule has 6 heteroatoms. The Labute approximate surface area is 120 Å². The number of aliphatic carboxylic acids is 1. The minimum Gasteiger partial charge on any atom is -0.481 e. The van der Waals surface area contributed by atoms with Crippen LogP contribution in [0.5, 0.6) is 0 Å². The highest BCUT2D eigenvalue weighted by atomic mass is 19.1. The van der Waals surface area contributed by atoms with Gasteiger partial charge in [0, 0.05) is 12.7 Å². The number of benzene rings is 1. The van der Waals surface area contributed by atoms with Crippen LogP contribution in [0.4, 0.5) is 8.78 Å². The Morgan fingerprint density at radius 1 is 1.24 bits per heavy atom. The molecule has 21 heavy (non-hydrogen) atoms. The summed E-state index contributed by atoms with van der Waals surface area (Å²) in [6.45, 7) is -0.248. The molecule has 1 heterocycles. The van der Waals surface area contributed by atoms with Crippen molar-refractivity contribution in [3.05, 3.63) is 65.5 Å². The fourth-order valence-electron chi connectivity index (χ4n) is 2.27. The highest BCUT2D eigenvalue weighted by molar-refractivity contribution is 5.82. The van der Waals surface area contributed by atoms with Gasteiger partial charge in [0.05, 0.1) is 6.20 Å². The van der Waals surface area contributed by atoms with Crippen LogP contribution in [0.1, 0.15) is 11.1 Å². The van der Waals surface area contributed by atoms with Gasteiger partial charge < -0.3 is 10.8 Å². The maximum absolute atomic E-state index is 13.4. The predicted octanol–water partition coefficient (Wildman–Crippen LogP) is 1.88. The first kappa shape index (κ1) is 15.1. The maximum atomic E-state index is 13.4. The van der Waals surface area contributed by atoms with Gasteiger partial charge in [0.2, 0.25) is 0 Å². The lowest BCUT2D eigenvalue weighted by Gasteiger charge is -2.28. The molecule has 0 bridgehead atoms. The molecule has 0 saturated heterocycles. The van der Waals surface area contributed by atoms with Gasteiger partial charge in [0.25, 0.3) is 0 Å². The van der Waals surface area contributed by atoms with Crippen molar-refractivity contribution in [2.75, 3.05) is 6.54 Å². The lowest BCUT2D eigenvalue weighted by Crippen LogP contribution is -2.45. The molecule has 0 spiro atoms. The topological polar surface area (TPSA) is 76.2 Å². The molecule has 2 rings (SSSR count). The van der Waals surface area contributed by atoms with E-state index < -0.39 is 23.0 Å². The molecular formula is C15H14F2N2O2. The standard InChI is InChI=1S/C15H14F2N2O2/c16-12-3-1-2-11(5-12)15(9-18,14(20)21)6-10-4-13(17)8-19-7-10/h1-5,7-8H,6,9,18H2,(H,20,21). The largest absolute Gasteiger partial charge is 0.481 e. The van der Waals surface area contributed by atoms with Crippen LogP contribution in [-0.2, 0) is 16.6 Å². The Morgan fingerprint density at radius 2 is 2.00 bits per heavy atom. The van der Waals surface area contributed by atoms with Gasteiger partial charge in [-0.3, -0.25) is 9.78 Å². The van der Waals surface area contributed by atoms with E-state index in [9.17, 15) is 18.7 Å². The zero-order valence-electron chi connectivity index (χ0n) is 11.1. The van der Waals surface area contributed by atoms with Crippen LogP contribution in [0, 0.1) is 11.6 Å². The summed E-state index contributed by atoms with van der Waals surface area (Å²) in [5.41, 5.74) is 4.75. The van der Waals surface area contributed by atoms with Gasteiger partial charge in [-0.1, -0.05) is 12.1 Å². The van der Waals surface area contributed by atoms with Crippen LogP contribution in [0.3, 0.4) is 0 Å². The molecule has 0 amide bonds. The second kappa shape index (κ2) is 5.97. The number of pyridine rings is 1. The lowest BCUT2D eigenvalue weighted by molar-refractivity contribution is -0.143. The molecule has 3 N–H and O–H groups in total. The third-order valence-corrected chi connectivity index (χ3v) is 3.40. The summed E-state index contributed by atoms with van der Waals surface area (Å²) in [5.74, 6) is -2.31. The highest BCUT2D eigenvalue weighted by Gasteiger charge is 2.39. The van der Waals surface area contributed by atoms with Gasteiger partial charge in [0.1, 0.15) is 17.0 Å². The van der Waals surface area contributed by atoms with Crippen molar-refractivity contribution < 1.29 is 18.7 Å². The smallest absolute Gasteiger partial charge is 0.315 e. The van der Waals surface area contributed by atoms with Crippen molar-refractivity contribution in [1.82, 2.24) is 4.98 Å². The molecule has 0 aliphatic carbocycles. The number of nitrogens with two attached hydrogens (primary N) is 1. The SMILES string of the molecule is NCC(Cc1cncc(F)c1)(C(=O)O)c1cccc(F)c1. The number of carboxylic acids is 1. The number of nitrogens with zero attached hydrogens (tertiary/aromatic N) is 1. The van der Waals surface area contributed by atoms with Crippen molar-refractivity contribution in [1.29, 1.82) is 0 Å². The van der Waals surface area contributed by atoms with Gasteiger partial charge in [-0.25, -0.2) is 8.78 Å². The fraction of sp³-hybridized carbons (Fsp3) is 0.200. The van der Waals surface area contributed by atoms with Crippen LogP contribution < -0.4 is 5.73 Å². The minimum absolute atomic E-state index is 0.0763. The molecule has 1 atom stereocenters. The summed E-state index contributed by atoms with van der Waals surface area (Å²) in [4.78, 5) is 15.4. The van der Waals surface area contributed by atoms with Crippen molar-refractivity contribution in [3.8, 4) is 0 Å². The van der Waals surface area contributed by atoms with E-state index in [2.05, 4.69) is 4.98 Å². The third kappa shape index (κ3) is 3.05. The molecule has 1 aromatic carbocycles. The van der Waals surface area contributed by atoms with E-state index in [1.165, 1.54) is 30.5 Å². The van der Waals surface area contributed by atoms with E-state index in [-0.39, 0.29) is 18.5 Å². The van der Waals surface area contributed by atoms with Crippen molar-refractivity contribution in [3.63, 3.8) is 0 Å². The molecule has 0 aliphatic heterocycles. The van der Waals surface area contributed by atoms with Gasteiger partial charge in [-0.05, 0) is 35.7 Å². The Balaban J connectivity index is 2.49. The van der Waals surface area contributed by atoms with Gasteiger partial charge in [-0.2, -0.15) is 0 Å². The molecule has 1 aromatic heterocycles. The minimum atomic E-state index is -1.53. The monoisotopic (exact) mass is 292 g/mol. The zero-order chi connectivity index (χ0) is 15.5. The molecule has 0 saturated carbocycles. The molecule has 2 aromatic rings. The second-order valence-corrected chi connectivity index (χ2v) is 4.79. The molecule has 0 radical (unpaired) electrons. The predicted molar refractivity (Wildman–Crippen MR) is 72.7 cm³/mol. The Kier molecular flexibility index (Phi) is 4.28. The first-order valence-electron chi connectivity index (χ1n) is 6.27. The third-order valence-electron chi connectivity index (χ3n) is 3.40. The van der Waals surface area contributed by atoms with E-state index in [0.717, 1.165) is 12.3 Å². The second-order valence-electron chi connectivity index (χ2n) is 4.79. The average Bonchev–Trinajstić information content (AvgIpc) is 2.44. The maximum Gasteiger partial charge on any atom is 0.315 e. The number of hydrogen-bond acceptors (Lipinski definition) is 3. The first-order valence-corrected chi connectivity index (χ1v) is 6.27. The fourth-order valence-corrected chi connectivity index (χ4v) is 2.27. The van der Waals surface area contributed by atoms with Crippen LogP contribution in [-0.4, -0.2) is 22.6 Å². The van der Waals surface area contributed by atoms with E-state index in [1.807, 2.05) is 0 Å². The summed E-state index contributed by atoms with van der Waals surface area (Å²) in [6, 6.07) is 6.46. The number of aromatic nitrogens is 1. The van der Waals surface area contributed by atoms with Gasteiger partial charge in [-0.15, -0.1) is 0 Å². The molecular weight excluding hydrogens is 278 g/mol. The number of rotatable bonds is 5. The molecule has 0 aliphatic rings. The Bertz CT molecular complexity index is 664. The normalized spacial score (nSPS) is 13.7. The average molecular weight is 292 g/mol. The van der Waals surface area contributed by atoms with E-state index in [1.54, 1.807) is 0 Å². The van der Waals surface area contributed by atoms with E-state index in [4.69, 9.17) is 5.73 Å². The van der Waals surface area contributed by atoms with Crippen LogP contribution in [0.25, 0.3) is 0 Å². The Hall–Kier alpha value is -2.34. The van der Waals surface area contributed by atoms with E-state index in [0.29, 0.717) is 5.56 Å². The summed E-state index contributed by atoms with van der Waals surface area (Å²) >= 11 is 0. The van der Waals surface area contributed by atoms with Crippen molar-refractivity contribution in [2.45, 2.75) is 11.8 Å². The molecule has 4 nitrogen and oxygen atoms in total. The zero-order valence-corrected chi connectivity index (χ0v) is 11.1. The van der Waals surface area contributed by atoms with Crippen LogP contribution in [0.2, 0.25) is 0 Å². The summed E-state index contributed by atoms with van der Waals surface area (Å²) in [5, 5.41) is 9.58. The summed E-state index contributed by atoms with van der Waals surface area (Å²) in [7, 11) is 0. The van der Waals surface area contributed by atoms with Crippen molar-refractivity contribution >= 4 is 5.97 Å². The summed E-state index contributed by atoms with van der Waals surface area (Å²) in [6.07, 6.45) is 2.32. The van der Waals surface area contributed by atoms with Gasteiger partial charge in [0.15, 0.2) is 0 Å². The molecule has 0 fully saturated rings. The molecule has 1 unspecified atom stereocenters. The van der Waals surface area contributed by atoms with Crippen LogP contribution >= 0.6 is 0 Å². The number of hydrogen-bond donors (Lipinski definition) is 2. The lowest BCUT2D eigenvalue weighted by atomic mass is 9.75. The van der Waals surface area contributed by atoms with Crippen molar-refractivity contribution in [2.24, 2.45) is 5.73 Å². The number of carboxylic acid groups (broad SMARTS) is 1.